The minimum atomic E-state index is 0.0543. The molecule has 0 aromatic carbocycles. The van der Waals surface area contributed by atoms with Gasteiger partial charge in [-0.1, -0.05) is 52.9 Å². The first-order chi connectivity index (χ1) is 6.61. The van der Waals surface area contributed by atoms with Crippen LogP contribution in [0.25, 0.3) is 0 Å². The Kier molecular flexibility index (Phi) is 8.80. The van der Waals surface area contributed by atoms with E-state index in [9.17, 15) is 0 Å². The van der Waals surface area contributed by atoms with Gasteiger partial charge in [-0.25, -0.2) is 0 Å². The van der Waals surface area contributed by atoms with Crippen molar-refractivity contribution in [2.75, 3.05) is 0 Å². The van der Waals surface area contributed by atoms with Crippen LogP contribution < -0.4 is 5.73 Å². The average molecular weight is 217 g/mol. The van der Waals surface area contributed by atoms with Crippen LogP contribution in [0.15, 0.2) is 0 Å². The van der Waals surface area contributed by atoms with Crippen LogP contribution in [-0.2, 0) is 0 Å². The smallest absolute Gasteiger partial charge is 0.0503 e. The quantitative estimate of drug-likeness (QED) is 0.469. The molecule has 3 unspecified atom stereocenters. The van der Waals surface area contributed by atoms with Gasteiger partial charge in [0.2, 0.25) is 0 Å². The molecule has 0 rings (SSSR count). The predicted octanol–water partition coefficient (Wildman–Crippen LogP) is 3.83. The number of thiol groups is 1. The first kappa shape index (κ1) is 14.3. The first-order valence-electron chi connectivity index (χ1n) is 6.05. The fraction of sp³-hybridized carbons (Fsp3) is 1.00. The molecule has 0 saturated carbocycles. The monoisotopic (exact) mass is 217 g/mol. The maximum atomic E-state index is 5.73. The molecule has 2 N–H and O–H groups in total. The van der Waals surface area contributed by atoms with Gasteiger partial charge < -0.3 is 5.73 Å². The molecular weight excluding hydrogens is 190 g/mol. The second-order valence-corrected chi connectivity index (χ2v) is 5.06. The minimum absolute atomic E-state index is 0.0543. The van der Waals surface area contributed by atoms with Crippen molar-refractivity contribution in [1.29, 1.82) is 0 Å². The van der Waals surface area contributed by atoms with E-state index in [-0.39, 0.29) is 5.37 Å². The van der Waals surface area contributed by atoms with Crippen LogP contribution in [0.2, 0.25) is 0 Å². The van der Waals surface area contributed by atoms with Gasteiger partial charge >= 0.3 is 0 Å². The molecule has 0 spiro atoms. The maximum Gasteiger partial charge on any atom is 0.0503 e. The summed E-state index contributed by atoms with van der Waals surface area (Å²) in [7, 11) is 0. The van der Waals surface area contributed by atoms with E-state index >= 15 is 0 Å². The summed E-state index contributed by atoms with van der Waals surface area (Å²) in [5.41, 5.74) is 5.73. The Balaban J connectivity index is 3.60. The molecule has 86 valence electrons. The van der Waals surface area contributed by atoms with E-state index < -0.39 is 0 Å². The summed E-state index contributed by atoms with van der Waals surface area (Å²) < 4.78 is 0. The van der Waals surface area contributed by atoms with Crippen LogP contribution in [0.4, 0.5) is 0 Å². The lowest BCUT2D eigenvalue weighted by Crippen LogP contribution is -2.22. The Morgan fingerprint density at radius 1 is 1.14 bits per heavy atom. The zero-order chi connectivity index (χ0) is 11.0. The number of unbranched alkanes of at least 4 members (excludes halogenated alkanes) is 1. The molecule has 0 radical (unpaired) electrons. The molecule has 14 heavy (non-hydrogen) atoms. The largest absolute Gasteiger partial charge is 0.319 e. The first-order valence-corrected chi connectivity index (χ1v) is 6.57. The third kappa shape index (κ3) is 6.72. The van der Waals surface area contributed by atoms with Crippen LogP contribution in [0.5, 0.6) is 0 Å². The molecule has 0 aromatic heterocycles. The summed E-state index contributed by atoms with van der Waals surface area (Å²) in [6.07, 6.45) is 7.95. The highest BCUT2D eigenvalue weighted by atomic mass is 32.1. The van der Waals surface area contributed by atoms with Crippen molar-refractivity contribution in [3.05, 3.63) is 0 Å². The van der Waals surface area contributed by atoms with Crippen molar-refractivity contribution in [3.63, 3.8) is 0 Å². The van der Waals surface area contributed by atoms with E-state index in [2.05, 4.69) is 33.4 Å². The zero-order valence-corrected chi connectivity index (χ0v) is 10.9. The minimum Gasteiger partial charge on any atom is -0.319 e. The standard InChI is InChI=1S/C12H27NS/c1-4-6-7-11(5-2)9-8-10(3)12(13)14/h10-12,14H,4-9,13H2,1-3H3. The van der Waals surface area contributed by atoms with Crippen molar-refractivity contribution in [3.8, 4) is 0 Å². The van der Waals surface area contributed by atoms with E-state index in [0.717, 1.165) is 5.92 Å². The molecular formula is C12H27NS. The van der Waals surface area contributed by atoms with Crippen molar-refractivity contribution in [2.24, 2.45) is 17.6 Å². The molecule has 0 saturated heterocycles. The summed E-state index contributed by atoms with van der Waals surface area (Å²) in [6, 6.07) is 0. The SMILES string of the molecule is CCCCC(CC)CCC(C)C(N)S. The van der Waals surface area contributed by atoms with Gasteiger partial charge in [-0.2, -0.15) is 12.6 Å². The molecule has 0 aliphatic rings. The molecule has 0 aromatic rings. The van der Waals surface area contributed by atoms with Crippen LogP contribution in [0.3, 0.4) is 0 Å². The van der Waals surface area contributed by atoms with Crippen molar-refractivity contribution < 1.29 is 0 Å². The highest BCUT2D eigenvalue weighted by molar-refractivity contribution is 7.80. The second-order valence-electron chi connectivity index (χ2n) is 4.46. The van der Waals surface area contributed by atoms with Crippen LogP contribution >= 0.6 is 12.6 Å². The van der Waals surface area contributed by atoms with E-state index in [1.807, 2.05) is 0 Å². The molecule has 2 heteroatoms. The van der Waals surface area contributed by atoms with Crippen molar-refractivity contribution in [1.82, 2.24) is 0 Å². The Hall–Kier alpha value is 0.310. The maximum absolute atomic E-state index is 5.73. The van der Waals surface area contributed by atoms with Crippen LogP contribution in [0, 0.1) is 11.8 Å². The molecule has 0 aliphatic heterocycles. The molecule has 0 aliphatic carbocycles. The van der Waals surface area contributed by atoms with Gasteiger partial charge in [-0.3, -0.25) is 0 Å². The summed E-state index contributed by atoms with van der Waals surface area (Å²) in [6.45, 7) is 6.76. The molecule has 3 atom stereocenters. The summed E-state index contributed by atoms with van der Waals surface area (Å²) in [5, 5.41) is 0.0543. The Morgan fingerprint density at radius 2 is 1.79 bits per heavy atom. The molecule has 0 heterocycles. The highest BCUT2D eigenvalue weighted by Gasteiger charge is 2.11. The van der Waals surface area contributed by atoms with E-state index in [1.165, 1.54) is 38.5 Å². The summed E-state index contributed by atoms with van der Waals surface area (Å²) in [4.78, 5) is 0. The number of hydrogen-bond donors (Lipinski definition) is 2. The van der Waals surface area contributed by atoms with Gasteiger partial charge in [0.1, 0.15) is 0 Å². The van der Waals surface area contributed by atoms with Gasteiger partial charge in [0.25, 0.3) is 0 Å². The topological polar surface area (TPSA) is 26.0 Å². The lowest BCUT2D eigenvalue weighted by molar-refractivity contribution is 0.368. The van der Waals surface area contributed by atoms with Crippen LogP contribution in [0.1, 0.15) is 59.3 Å². The molecule has 0 amide bonds. The second kappa shape index (κ2) is 8.60. The van der Waals surface area contributed by atoms with Gasteiger partial charge in [0, 0.05) is 0 Å². The summed E-state index contributed by atoms with van der Waals surface area (Å²) in [5.74, 6) is 1.46. The van der Waals surface area contributed by atoms with E-state index in [4.69, 9.17) is 5.73 Å². The molecule has 1 nitrogen and oxygen atoms in total. The molecule has 0 fully saturated rings. The Bertz CT molecular complexity index is 125. The lowest BCUT2D eigenvalue weighted by atomic mass is 9.91. The number of hydrogen-bond acceptors (Lipinski definition) is 2. The van der Waals surface area contributed by atoms with Crippen molar-refractivity contribution >= 4 is 12.6 Å². The summed E-state index contributed by atoms with van der Waals surface area (Å²) >= 11 is 4.27. The Labute approximate surface area is 95.2 Å². The van der Waals surface area contributed by atoms with Gasteiger partial charge in [0.15, 0.2) is 0 Å². The zero-order valence-electron chi connectivity index (χ0n) is 10.00. The third-order valence-electron chi connectivity index (χ3n) is 3.16. The average Bonchev–Trinajstić information content (AvgIpc) is 2.17. The third-order valence-corrected chi connectivity index (χ3v) is 3.67. The van der Waals surface area contributed by atoms with Gasteiger partial charge in [-0.15, -0.1) is 0 Å². The lowest BCUT2D eigenvalue weighted by Gasteiger charge is -2.19. The highest BCUT2D eigenvalue weighted by Crippen LogP contribution is 2.22. The van der Waals surface area contributed by atoms with E-state index in [1.54, 1.807) is 0 Å². The van der Waals surface area contributed by atoms with Crippen LogP contribution in [-0.4, -0.2) is 5.37 Å². The van der Waals surface area contributed by atoms with Crippen molar-refractivity contribution in [2.45, 2.75) is 64.7 Å². The van der Waals surface area contributed by atoms with Gasteiger partial charge in [0.05, 0.1) is 5.37 Å². The number of rotatable bonds is 8. The fourth-order valence-electron chi connectivity index (χ4n) is 1.71. The van der Waals surface area contributed by atoms with Gasteiger partial charge in [-0.05, 0) is 18.3 Å². The number of nitrogens with two attached hydrogens (primary N) is 1. The fourth-order valence-corrected chi connectivity index (χ4v) is 1.86. The Morgan fingerprint density at radius 3 is 2.21 bits per heavy atom. The predicted molar refractivity (Wildman–Crippen MR) is 68.7 cm³/mol. The van der Waals surface area contributed by atoms with E-state index in [0.29, 0.717) is 5.92 Å². The normalized spacial score (nSPS) is 17.8. The molecule has 0 bridgehead atoms.